The lowest BCUT2D eigenvalue weighted by molar-refractivity contribution is 0.0796. The van der Waals surface area contributed by atoms with E-state index in [4.69, 9.17) is 4.74 Å². The van der Waals surface area contributed by atoms with Crippen molar-refractivity contribution in [2.24, 2.45) is 0 Å². The Morgan fingerprint density at radius 1 is 1.17 bits per heavy atom. The first-order valence-corrected chi connectivity index (χ1v) is 7.86. The van der Waals surface area contributed by atoms with Gasteiger partial charge in [0.25, 0.3) is 11.8 Å². The van der Waals surface area contributed by atoms with Crippen LogP contribution < -0.4 is 10.1 Å². The molecule has 2 amide bonds. The van der Waals surface area contributed by atoms with E-state index in [1.165, 1.54) is 0 Å². The summed E-state index contributed by atoms with van der Waals surface area (Å²) in [5.74, 6) is 0.252. The fourth-order valence-electron chi connectivity index (χ4n) is 2.77. The summed E-state index contributed by atoms with van der Waals surface area (Å²) < 4.78 is 5.59. The van der Waals surface area contributed by atoms with Crippen molar-refractivity contribution < 1.29 is 14.3 Å². The maximum Gasteiger partial charge on any atom is 0.257 e. The zero-order valence-electron chi connectivity index (χ0n) is 14.1. The molecule has 1 aliphatic rings. The third kappa shape index (κ3) is 3.11. The SMILES string of the molecule is Cc1ccc(C(=O)Nc2ccc3c(c2)C(=O)N(C)CCO3)c(C)c1. The molecular formula is C19H20N2O3. The number of hydrogen-bond acceptors (Lipinski definition) is 3. The molecular weight excluding hydrogens is 304 g/mol. The van der Waals surface area contributed by atoms with E-state index in [2.05, 4.69) is 5.32 Å². The first-order chi connectivity index (χ1) is 11.5. The summed E-state index contributed by atoms with van der Waals surface area (Å²) in [6, 6.07) is 10.8. The minimum absolute atomic E-state index is 0.106. The van der Waals surface area contributed by atoms with Gasteiger partial charge in [-0.25, -0.2) is 0 Å². The predicted octanol–water partition coefficient (Wildman–Crippen LogP) is 3.02. The van der Waals surface area contributed by atoms with Gasteiger partial charge >= 0.3 is 0 Å². The topological polar surface area (TPSA) is 58.6 Å². The molecule has 5 nitrogen and oxygen atoms in total. The van der Waals surface area contributed by atoms with E-state index < -0.39 is 0 Å². The van der Waals surface area contributed by atoms with Crippen molar-refractivity contribution in [1.82, 2.24) is 4.90 Å². The number of anilines is 1. The zero-order valence-corrected chi connectivity index (χ0v) is 14.1. The number of rotatable bonds is 2. The molecule has 2 aromatic rings. The average Bonchev–Trinajstić information content (AvgIpc) is 2.67. The maximum atomic E-state index is 12.5. The molecule has 0 atom stereocenters. The summed E-state index contributed by atoms with van der Waals surface area (Å²) in [5.41, 5.74) is 3.69. The molecule has 0 spiro atoms. The van der Waals surface area contributed by atoms with Gasteiger partial charge in [-0.1, -0.05) is 17.7 Å². The highest BCUT2D eigenvalue weighted by molar-refractivity contribution is 6.06. The Morgan fingerprint density at radius 3 is 2.71 bits per heavy atom. The molecule has 0 unspecified atom stereocenters. The van der Waals surface area contributed by atoms with Crippen LogP contribution in [0.2, 0.25) is 0 Å². The molecule has 0 bridgehead atoms. The predicted molar refractivity (Wildman–Crippen MR) is 92.8 cm³/mol. The monoisotopic (exact) mass is 324 g/mol. The lowest BCUT2D eigenvalue weighted by Crippen LogP contribution is -2.27. The van der Waals surface area contributed by atoms with Crippen LogP contribution in [0.3, 0.4) is 0 Å². The summed E-state index contributed by atoms with van der Waals surface area (Å²) in [6.45, 7) is 4.90. The van der Waals surface area contributed by atoms with Crippen LogP contribution in [0.5, 0.6) is 5.75 Å². The van der Waals surface area contributed by atoms with Crippen LogP contribution in [0.15, 0.2) is 36.4 Å². The second-order valence-electron chi connectivity index (χ2n) is 6.06. The van der Waals surface area contributed by atoms with Gasteiger partial charge in [0.2, 0.25) is 0 Å². The summed E-state index contributed by atoms with van der Waals surface area (Å²) in [6.07, 6.45) is 0. The normalized spacial score (nSPS) is 13.8. The van der Waals surface area contributed by atoms with Gasteiger partial charge in [-0.3, -0.25) is 9.59 Å². The maximum absolute atomic E-state index is 12.5. The van der Waals surface area contributed by atoms with Crippen LogP contribution in [0, 0.1) is 13.8 Å². The Bertz CT molecular complexity index is 814. The minimum Gasteiger partial charge on any atom is -0.491 e. The van der Waals surface area contributed by atoms with E-state index in [1.54, 1.807) is 30.1 Å². The Morgan fingerprint density at radius 2 is 1.96 bits per heavy atom. The average molecular weight is 324 g/mol. The molecule has 0 radical (unpaired) electrons. The number of fused-ring (bicyclic) bond motifs is 1. The quantitative estimate of drug-likeness (QED) is 0.924. The summed E-state index contributed by atoms with van der Waals surface area (Å²) >= 11 is 0. The number of ether oxygens (including phenoxy) is 1. The van der Waals surface area contributed by atoms with Crippen LogP contribution in [0.25, 0.3) is 0 Å². The second-order valence-corrected chi connectivity index (χ2v) is 6.06. The summed E-state index contributed by atoms with van der Waals surface area (Å²) in [4.78, 5) is 26.5. The molecule has 2 aromatic carbocycles. The van der Waals surface area contributed by atoms with E-state index in [1.807, 2.05) is 32.0 Å². The Hall–Kier alpha value is -2.82. The highest BCUT2D eigenvalue weighted by atomic mass is 16.5. The van der Waals surface area contributed by atoms with Crippen LogP contribution in [0.4, 0.5) is 5.69 Å². The molecule has 5 heteroatoms. The van der Waals surface area contributed by atoms with Crippen LogP contribution in [-0.2, 0) is 0 Å². The summed E-state index contributed by atoms with van der Waals surface area (Å²) in [5, 5.41) is 2.86. The van der Waals surface area contributed by atoms with Gasteiger partial charge < -0.3 is 15.0 Å². The van der Waals surface area contributed by atoms with Crippen molar-refractivity contribution in [3.05, 3.63) is 58.7 Å². The molecule has 0 saturated heterocycles. The third-order valence-electron chi connectivity index (χ3n) is 4.13. The number of hydrogen-bond donors (Lipinski definition) is 1. The molecule has 1 heterocycles. The van der Waals surface area contributed by atoms with E-state index >= 15 is 0 Å². The number of likely N-dealkylation sites (N-methyl/N-ethyl adjacent to an activating group) is 1. The number of nitrogens with one attached hydrogen (secondary N) is 1. The standard InChI is InChI=1S/C19H20N2O3/c1-12-4-6-15(13(2)10-12)18(22)20-14-5-7-17-16(11-14)19(23)21(3)8-9-24-17/h4-7,10-11H,8-9H2,1-3H3,(H,20,22). The molecule has 3 rings (SSSR count). The number of carbonyl (C=O) groups excluding carboxylic acids is 2. The van der Waals surface area contributed by atoms with Crippen LogP contribution >= 0.6 is 0 Å². The van der Waals surface area contributed by atoms with Crippen molar-refractivity contribution >= 4 is 17.5 Å². The van der Waals surface area contributed by atoms with E-state index in [0.29, 0.717) is 35.7 Å². The lowest BCUT2D eigenvalue weighted by Gasteiger charge is -2.13. The smallest absolute Gasteiger partial charge is 0.257 e. The molecule has 0 saturated carbocycles. The van der Waals surface area contributed by atoms with Crippen molar-refractivity contribution in [1.29, 1.82) is 0 Å². The highest BCUT2D eigenvalue weighted by Crippen LogP contribution is 2.26. The van der Waals surface area contributed by atoms with Crippen molar-refractivity contribution in [2.45, 2.75) is 13.8 Å². The molecule has 0 aliphatic carbocycles. The number of carbonyl (C=O) groups is 2. The van der Waals surface area contributed by atoms with Gasteiger partial charge in [0.1, 0.15) is 12.4 Å². The van der Waals surface area contributed by atoms with Crippen LogP contribution in [0.1, 0.15) is 31.8 Å². The largest absolute Gasteiger partial charge is 0.491 e. The van der Waals surface area contributed by atoms with Gasteiger partial charge in [0, 0.05) is 18.3 Å². The van der Waals surface area contributed by atoms with E-state index in [0.717, 1.165) is 11.1 Å². The van der Waals surface area contributed by atoms with Gasteiger partial charge in [-0.2, -0.15) is 0 Å². The second kappa shape index (κ2) is 6.35. The number of aryl methyl sites for hydroxylation is 2. The molecule has 24 heavy (non-hydrogen) atoms. The molecule has 0 fully saturated rings. The van der Waals surface area contributed by atoms with Crippen molar-refractivity contribution in [2.75, 3.05) is 25.5 Å². The Kier molecular flexibility index (Phi) is 4.25. The van der Waals surface area contributed by atoms with Crippen molar-refractivity contribution in [3.8, 4) is 5.75 Å². The van der Waals surface area contributed by atoms with Gasteiger partial charge in [-0.15, -0.1) is 0 Å². The van der Waals surface area contributed by atoms with Crippen molar-refractivity contribution in [3.63, 3.8) is 0 Å². The molecule has 1 aliphatic heterocycles. The summed E-state index contributed by atoms with van der Waals surface area (Å²) in [7, 11) is 1.74. The lowest BCUT2D eigenvalue weighted by atomic mass is 10.0. The van der Waals surface area contributed by atoms with E-state index in [-0.39, 0.29) is 11.8 Å². The number of benzene rings is 2. The van der Waals surface area contributed by atoms with Gasteiger partial charge in [0.05, 0.1) is 12.1 Å². The van der Waals surface area contributed by atoms with E-state index in [9.17, 15) is 9.59 Å². The number of nitrogens with zero attached hydrogens (tertiary/aromatic N) is 1. The zero-order chi connectivity index (χ0) is 17.3. The minimum atomic E-state index is -0.192. The Labute approximate surface area is 141 Å². The molecule has 1 N–H and O–H groups in total. The third-order valence-corrected chi connectivity index (χ3v) is 4.13. The first-order valence-electron chi connectivity index (χ1n) is 7.86. The fourth-order valence-corrected chi connectivity index (χ4v) is 2.77. The molecule has 124 valence electrons. The number of amides is 2. The van der Waals surface area contributed by atoms with Gasteiger partial charge in [-0.05, 0) is 43.7 Å². The molecule has 0 aromatic heterocycles. The fraction of sp³-hybridized carbons (Fsp3) is 0.263. The Balaban J connectivity index is 1.87. The van der Waals surface area contributed by atoms with Crippen LogP contribution in [-0.4, -0.2) is 36.9 Å². The van der Waals surface area contributed by atoms with Gasteiger partial charge in [0.15, 0.2) is 0 Å². The highest BCUT2D eigenvalue weighted by Gasteiger charge is 2.21. The first kappa shape index (κ1) is 16.1.